The van der Waals surface area contributed by atoms with E-state index in [2.05, 4.69) is 96.1 Å². The molecule has 0 heterocycles. The second kappa shape index (κ2) is 42.9. The summed E-state index contributed by atoms with van der Waals surface area (Å²) in [5.41, 5.74) is 8.56. The van der Waals surface area contributed by atoms with Crippen molar-refractivity contribution in [1.29, 1.82) is 0 Å². The van der Waals surface area contributed by atoms with Gasteiger partial charge in [0.05, 0.1) is 0 Å². The first-order valence-corrected chi connectivity index (χ1v) is 31.9. The van der Waals surface area contributed by atoms with Gasteiger partial charge in [-0.3, -0.25) is 0 Å². The van der Waals surface area contributed by atoms with E-state index in [1.165, 1.54) is 265 Å². The van der Waals surface area contributed by atoms with Crippen LogP contribution in [0.3, 0.4) is 0 Å². The molecule has 70 heavy (non-hydrogen) atoms. The van der Waals surface area contributed by atoms with Gasteiger partial charge in [0.15, 0.2) is 0 Å². The minimum Gasteiger partial charge on any atom is -0.408 e. The maximum atomic E-state index is 7.37. The van der Waals surface area contributed by atoms with Crippen LogP contribution < -0.4 is 13.6 Å². The van der Waals surface area contributed by atoms with Crippen LogP contribution in [0.2, 0.25) is 0 Å². The van der Waals surface area contributed by atoms with Crippen molar-refractivity contribution < 1.29 is 13.6 Å². The number of aryl methyl sites for hydroxylation is 3. The molecule has 0 amide bonds. The van der Waals surface area contributed by atoms with E-state index in [1.54, 1.807) is 0 Å². The van der Waals surface area contributed by atoms with Crippen molar-refractivity contribution in [2.75, 3.05) is 0 Å². The van der Waals surface area contributed by atoms with Gasteiger partial charge in [0, 0.05) is 0 Å². The van der Waals surface area contributed by atoms with E-state index in [1.807, 2.05) is 0 Å². The summed E-state index contributed by atoms with van der Waals surface area (Å²) < 4.78 is 22.1. The van der Waals surface area contributed by atoms with Crippen molar-refractivity contribution in [3.8, 4) is 17.2 Å². The molecule has 0 fully saturated rings. The van der Waals surface area contributed by atoms with E-state index in [4.69, 9.17) is 13.6 Å². The Morgan fingerprint density at radius 2 is 0.443 bits per heavy atom. The molecule has 0 bridgehead atoms. The summed E-state index contributed by atoms with van der Waals surface area (Å²) in [5, 5.41) is 0. The lowest BCUT2D eigenvalue weighted by atomic mass is 9.95. The summed E-state index contributed by atoms with van der Waals surface area (Å²) in [6.07, 6.45) is 53.3. The van der Waals surface area contributed by atoms with Crippen molar-refractivity contribution >= 4 is 8.60 Å². The molecule has 0 aliphatic heterocycles. The topological polar surface area (TPSA) is 27.7 Å². The fraction of sp³-hybridized carbons (Fsp3) is 0.727. The number of hydrogen-bond donors (Lipinski definition) is 0. The van der Waals surface area contributed by atoms with E-state index in [-0.39, 0.29) is 0 Å². The predicted molar refractivity (Wildman–Crippen MR) is 311 cm³/mol. The molecule has 4 heteroatoms. The van der Waals surface area contributed by atoms with Gasteiger partial charge in [-0.25, -0.2) is 0 Å². The third kappa shape index (κ3) is 27.5. The summed E-state index contributed by atoms with van der Waals surface area (Å²) in [4.78, 5) is 0. The van der Waals surface area contributed by atoms with Crippen LogP contribution in [0.15, 0.2) is 54.6 Å². The summed E-state index contributed by atoms with van der Waals surface area (Å²) in [6.45, 7) is 13.9. The van der Waals surface area contributed by atoms with Gasteiger partial charge in [-0.05, 0) is 129 Å². The van der Waals surface area contributed by atoms with Crippen molar-refractivity contribution in [3.05, 3.63) is 88.0 Å². The molecule has 0 atom stereocenters. The molecule has 0 aliphatic rings. The number of hydrogen-bond acceptors (Lipinski definition) is 3. The highest BCUT2D eigenvalue weighted by atomic mass is 31.2. The van der Waals surface area contributed by atoms with Crippen LogP contribution in [0, 0.1) is 0 Å². The molecule has 0 aliphatic carbocycles. The molecule has 3 rings (SSSR count). The van der Waals surface area contributed by atoms with Crippen LogP contribution in [-0.2, 0) is 38.5 Å². The first-order valence-electron chi connectivity index (χ1n) is 30.8. The average molecular weight is 984 g/mol. The second-order valence-corrected chi connectivity index (χ2v) is 22.3. The molecule has 3 nitrogen and oxygen atoms in total. The standard InChI is InChI=1S/C66H111O3P/c1-7-13-19-25-31-37-46-58-49-43-55-64(61(58)52-40-34-28-22-16-10-4)67-70(68-65-56-44-50-59(47-38-32-26-20-14-8-2)62(65)53-41-35-29-23-17-11-5)69-66-57-45-51-60(48-39-33-27-21-15-9-3)63(66)54-42-36-30-24-18-12-6/h43-45,49-51,55-57H,7-42,46-48,52-54H2,1-6H3. The van der Waals surface area contributed by atoms with Crippen LogP contribution in [-0.4, -0.2) is 0 Å². The lowest BCUT2D eigenvalue weighted by molar-refractivity contribution is 0.381. The van der Waals surface area contributed by atoms with Crippen molar-refractivity contribution in [3.63, 3.8) is 0 Å². The normalized spacial score (nSPS) is 11.5. The molecule has 3 aromatic carbocycles. The van der Waals surface area contributed by atoms with Crippen LogP contribution in [0.4, 0.5) is 0 Å². The molecular formula is C66H111O3P. The molecule has 0 spiro atoms. The zero-order valence-corrected chi connectivity index (χ0v) is 48.0. The quantitative estimate of drug-likeness (QED) is 0.0417. The maximum absolute atomic E-state index is 7.37. The summed E-state index contributed by atoms with van der Waals surface area (Å²) >= 11 is 0. The Kier molecular flexibility index (Phi) is 37.9. The van der Waals surface area contributed by atoms with E-state index < -0.39 is 8.60 Å². The minimum absolute atomic E-state index is 0.976. The Morgan fingerprint density at radius 3 is 0.671 bits per heavy atom. The Balaban J connectivity index is 2.09. The van der Waals surface area contributed by atoms with Gasteiger partial charge in [0.1, 0.15) is 17.2 Å². The predicted octanol–water partition coefficient (Wildman–Crippen LogP) is 22.9. The average Bonchev–Trinajstić information content (AvgIpc) is 3.37. The lowest BCUT2D eigenvalue weighted by Crippen LogP contribution is -2.09. The second-order valence-electron chi connectivity index (χ2n) is 21.3. The highest BCUT2D eigenvalue weighted by molar-refractivity contribution is 7.43. The van der Waals surface area contributed by atoms with Gasteiger partial charge in [-0.2, -0.15) is 0 Å². The van der Waals surface area contributed by atoms with Gasteiger partial charge in [-0.1, -0.05) is 271 Å². The molecule has 3 aromatic rings. The van der Waals surface area contributed by atoms with E-state index in [0.29, 0.717) is 0 Å². The van der Waals surface area contributed by atoms with E-state index in [9.17, 15) is 0 Å². The highest BCUT2D eigenvalue weighted by Crippen LogP contribution is 2.47. The van der Waals surface area contributed by atoms with E-state index in [0.717, 1.165) is 55.8 Å². The molecule has 398 valence electrons. The largest absolute Gasteiger partial charge is 0.530 e. The molecular weight excluding hydrogens is 872 g/mol. The number of benzene rings is 3. The molecule has 0 N–H and O–H groups in total. The lowest BCUT2D eigenvalue weighted by Gasteiger charge is -2.24. The van der Waals surface area contributed by atoms with Gasteiger partial charge >= 0.3 is 8.60 Å². The van der Waals surface area contributed by atoms with Crippen LogP contribution in [0.5, 0.6) is 17.2 Å². The third-order valence-electron chi connectivity index (χ3n) is 14.9. The van der Waals surface area contributed by atoms with Crippen LogP contribution in [0.25, 0.3) is 0 Å². The first kappa shape index (κ1) is 61.8. The van der Waals surface area contributed by atoms with Crippen molar-refractivity contribution in [1.82, 2.24) is 0 Å². The van der Waals surface area contributed by atoms with Crippen molar-refractivity contribution in [2.24, 2.45) is 0 Å². The fourth-order valence-electron chi connectivity index (χ4n) is 10.5. The molecule has 0 aromatic heterocycles. The molecule has 0 saturated carbocycles. The van der Waals surface area contributed by atoms with E-state index >= 15 is 0 Å². The van der Waals surface area contributed by atoms with Gasteiger partial charge in [0.2, 0.25) is 0 Å². The van der Waals surface area contributed by atoms with Gasteiger partial charge in [-0.15, -0.1) is 0 Å². The highest BCUT2D eigenvalue weighted by Gasteiger charge is 2.26. The fourth-order valence-corrected chi connectivity index (χ4v) is 11.6. The number of unbranched alkanes of at least 4 members (excludes halogenated alkanes) is 30. The Morgan fingerprint density at radius 1 is 0.243 bits per heavy atom. The molecule has 0 radical (unpaired) electrons. The van der Waals surface area contributed by atoms with Crippen LogP contribution >= 0.6 is 8.60 Å². The smallest absolute Gasteiger partial charge is 0.408 e. The Labute approximate surface area is 436 Å². The maximum Gasteiger partial charge on any atom is 0.530 e. The summed E-state index contributed by atoms with van der Waals surface area (Å²) in [5.74, 6) is 2.93. The minimum atomic E-state index is -1.82. The van der Waals surface area contributed by atoms with Crippen molar-refractivity contribution in [2.45, 2.75) is 311 Å². The zero-order valence-electron chi connectivity index (χ0n) is 47.1. The zero-order chi connectivity index (χ0) is 50.0. The summed E-state index contributed by atoms with van der Waals surface area (Å²) in [6, 6.07) is 20.6. The first-order chi connectivity index (χ1) is 34.6. The third-order valence-corrected chi connectivity index (χ3v) is 16.0. The SMILES string of the molecule is CCCCCCCCc1cccc(OP(Oc2cccc(CCCCCCCC)c2CCCCCCCC)Oc2cccc(CCCCCCCC)c2CCCCCCCC)c1CCCCCCCC. The van der Waals surface area contributed by atoms with Gasteiger partial charge in [0.25, 0.3) is 0 Å². The molecule has 0 saturated heterocycles. The number of rotatable bonds is 48. The molecule has 0 unspecified atom stereocenters. The Hall–Kier alpha value is -2.51. The van der Waals surface area contributed by atoms with Gasteiger partial charge < -0.3 is 13.6 Å². The summed E-state index contributed by atoms with van der Waals surface area (Å²) in [7, 11) is -1.82. The monoisotopic (exact) mass is 983 g/mol. The Bertz CT molecular complexity index is 1470. The van der Waals surface area contributed by atoms with Crippen LogP contribution in [0.1, 0.15) is 306 Å².